The van der Waals surface area contributed by atoms with Crippen LogP contribution in [0.1, 0.15) is 51.9 Å². The Hall–Kier alpha value is -0.610. The molecule has 0 aromatic rings. The first-order chi connectivity index (χ1) is 9.34. The number of ether oxygens (including phenoxy) is 3. The molecule has 4 nitrogen and oxygen atoms in total. The number of unbranched alkanes of at least 4 members (excludes halogenated alkanes) is 3. The van der Waals surface area contributed by atoms with Gasteiger partial charge in [0.2, 0.25) is 0 Å². The number of esters is 1. The molecule has 1 rings (SSSR count). The number of carbonyl (C=O) groups is 1. The van der Waals surface area contributed by atoms with Crippen LogP contribution >= 0.6 is 0 Å². The van der Waals surface area contributed by atoms with Crippen molar-refractivity contribution in [1.29, 1.82) is 0 Å². The summed E-state index contributed by atoms with van der Waals surface area (Å²) in [6.45, 7) is 5.06. The third-order valence-electron chi connectivity index (χ3n) is 3.42. The standard InChI is InChI=1S/C15H28O4/c1-2-3-4-5-9-17-10-11-18-12-13-19-15(16)14-7-6-8-14/h14H,2-13H2,1H3. The molecule has 0 spiro atoms. The second-order valence-corrected chi connectivity index (χ2v) is 5.08. The zero-order chi connectivity index (χ0) is 13.8. The van der Waals surface area contributed by atoms with E-state index in [4.69, 9.17) is 14.2 Å². The van der Waals surface area contributed by atoms with E-state index >= 15 is 0 Å². The summed E-state index contributed by atoms with van der Waals surface area (Å²) in [6, 6.07) is 0. The van der Waals surface area contributed by atoms with Gasteiger partial charge in [-0.2, -0.15) is 0 Å². The number of hydrogen-bond acceptors (Lipinski definition) is 4. The van der Waals surface area contributed by atoms with E-state index in [-0.39, 0.29) is 11.9 Å². The summed E-state index contributed by atoms with van der Waals surface area (Å²) in [6.07, 6.45) is 8.05. The van der Waals surface area contributed by atoms with E-state index in [1.165, 1.54) is 19.3 Å². The van der Waals surface area contributed by atoms with Crippen molar-refractivity contribution in [3.63, 3.8) is 0 Å². The summed E-state index contributed by atoms with van der Waals surface area (Å²) in [5.41, 5.74) is 0. The molecule has 112 valence electrons. The second kappa shape index (κ2) is 11.2. The maximum Gasteiger partial charge on any atom is 0.309 e. The zero-order valence-electron chi connectivity index (χ0n) is 12.2. The Morgan fingerprint density at radius 2 is 1.63 bits per heavy atom. The fourth-order valence-corrected chi connectivity index (χ4v) is 1.92. The SMILES string of the molecule is CCCCCCOCCOCCOC(=O)C1CCC1. The first-order valence-electron chi connectivity index (χ1n) is 7.66. The lowest BCUT2D eigenvalue weighted by Crippen LogP contribution is -2.25. The van der Waals surface area contributed by atoms with Gasteiger partial charge in [-0.3, -0.25) is 4.79 Å². The average Bonchev–Trinajstić information content (AvgIpc) is 2.34. The van der Waals surface area contributed by atoms with Crippen molar-refractivity contribution in [2.75, 3.05) is 33.0 Å². The minimum atomic E-state index is -0.0537. The summed E-state index contributed by atoms with van der Waals surface area (Å²) < 4.78 is 15.9. The van der Waals surface area contributed by atoms with E-state index in [9.17, 15) is 4.79 Å². The van der Waals surface area contributed by atoms with E-state index in [1.807, 2.05) is 0 Å². The van der Waals surface area contributed by atoms with Gasteiger partial charge in [-0.05, 0) is 19.3 Å². The Kier molecular flexibility index (Phi) is 9.72. The largest absolute Gasteiger partial charge is 0.463 e. The smallest absolute Gasteiger partial charge is 0.309 e. The van der Waals surface area contributed by atoms with E-state index < -0.39 is 0 Å². The molecular weight excluding hydrogens is 244 g/mol. The normalized spacial score (nSPS) is 15.2. The zero-order valence-corrected chi connectivity index (χ0v) is 12.2. The second-order valence-electron chi connectivity index (χ2n) is 5.08. The summed E-state index contributed by atoms with van der Waals surface area (Å²) in [5, 5.41) is 0. The molecule has 0 atom stereocenters. The lowest BCUT2D eigenvalue weighted by molar-refractivity contribution is -0.153. The third kappa shape index (κ3) is 8.22. The topological polar surface area (TPSA) is 44.8 Å². The van der Waals surface area contributed by atoms with Crippen LogP contribution < -0.4 is 0 Å². The van der Waals surface area contributed by atoms with Crippen LogP contribution in [0, 0.1) is 5.92 Å². The van der Waals surface area contributed by atoms with E-state index in [2.05, 4.69) is 6.92 Å². The molecule has 1 saturated carbocycles. The molecule has 1 aliphatic rings. The molecule has 0 aromatic heterocycles. The minimum Gasteiger partial charge on any atom is -0.463 e. The fourth-order valence-electron chi connectivity index (χ4n) is 1.92. The molecule has 0 amide bonds. The van der Waals surface area contributed by atoms with Gasteiger partial charge in [-0.25, -0.2) is 0 Å². The Bertz CT molecular complexity index is 226. The van der Waals surface area contributed by atoms with E-state index in [0.29, 0.717) is 26.4 Å². The van der Waals surface area contributed by atoms with Gasteiger partial charge in [0.25, 0.3) is 0 Å². The highest BCUT2D eigenvalue weighted by molar-refractivity contribution is 5.73. The first-order valence-corrected chi connectivity index (χ1v) is 7.66. The van der Waals surface area contributed by atoms with Crippen molar-refractivity contribution < 1.29 is 19.0 Å². The van der Waals surface area contributed by atoms with Crippen LogP contribution in [0.15, 0.2) is 0 Å². The Morgan fingerprint density at radius 3 is 2.26 bits per heavy atom. The first kappa shape index (κ1) is 16.4. The van der Waals surface area contributed by atoms with Gasteiger partial charge >= 0.3 is 5.97 Å². The molecule has 19 heavy (non-hydrogen) atoms. The molecule has 0 bridgehead atoms. The molecule has 0 radical (unpaired) electrons. The lowest BCUT2D eigenvalue weighted by atomic mass is 9.86. The predicted molar refractivity (Wildman–Crippen MR) is 74.1 cm³/mol. The van der Waals surface area contributed by atoms with E-state index in [1.54, 1.807) is 0 Å². The van der Waals surface area contributed by atoms with E-state index in [0.717, 1.165) is 32.3 Å². The van der Waals surface area contributed by atoms with Crippen molar-refractivity contribution in [3.05, 3.63) is 0 Å². The Morgan fingerprint density at radius 1 is 0.947 bits per heavy atom. The lowest BCUT2D eigenvalue weighted by Gasteiger charge is -2.22. The van der Waals surface area contributed by atoms with Crippen molar-refractivity contribution in [2.24, 2.45) is 5.92 Å². The summed E-state index contributed by atoms with van der Waals surface area (Å²) in [4.78, 5) is 11.4. The van der Waals surface area contributed by atoms with Gasteiger partial charge in [-0.1, -0.05) is 32.6 Å². The quantitative estimate of drug-likeness (QED) is 0.405. The van der Waals surface area contributed by atoms with Gasteiger partial charge in [-0.15, -0.1) is 0 Å². The fraction of sp³-hybridized carbons (Fsp3) is 0.933. The molecule has 0 saturated heterocycles. The maximum absolute atomic E-state index is 11.4. The molecule has 1 fully saturated rings. The molecule has 0 aromatic carbocycles. The van der Waals surface area contributed by atoms with Crippen LogP contribution in [0.2, 0.25) is 0 Å². The monoisotopic (exact) mass is 272 g/mol. The summed E-state index contributed by atoms with van der Waals surface area (Å²) in [5.74, 6) is 0.105. The van der Waals surface area contributed by atoms with Crippen LogP contribution in [0.5, 0.6) is 0 Å². The van der Waals surface area contributed by atoms with Crippen LogP contribution in [0.4, 0.5) is 0 Å². The molecule has 0 N–H and O–H groups in total. The summed E-state index contributed by atoms with van der Waals surface area (Å²) in [7, 11) is 0. The molecule has 0 aliphatic heterocycles. The third-order valence-corrected chi connectivity index (χ3v) is 3.42. The highest BCUT2D eigenvalue weighted by Crippen LogP contribution is 2.27. The van der Waals surface area contributed by atoms with Crippen LogP contribution in [0.3, 0.4) is 0 Å². The Balaban J connectivity index is 1.72. The maximum atomic E-state index is 11.4. The van der Waals surface area contributed by atoms with Crippen molar-refractivity contribution in [2.45, 2.75) is 51.9 Å². The number of rotatable bonds is 12. The minimum absolute atomic E-state index is 0.0537. The molecule has 4 heteroatoms. The van der Waals surface area contributed by atoms with Crippen LogP contribution in [-0.2, 0) is 19.0 Å². The van der Waals surface area contributed by atoms with Crippen molar-refractivity contribution in [3.8, 4) is 0 Å². The predicted octanol–water partition coefficient (Wildman–Crippen LogP) is 2.94. The van der Waals surface area contributed by atoms with Gasteiger partial charge in [0.1, 0.15) is 6.61 Å². The van der Waals surface area contributed by atoms with Crippen molar-refractivity contribution in [1.82, 2.24) is 0 Å². The highest BCUT2D eigenvalue weighted by atomic mass is 16.6. The molecule has 0 unspecified atom stereocenters. The molecule has 0 heterocycles. The van der Waals surface area contributed by atoms with Gasteiger partial charge in [0.15, 0.2) is 0 Å². The Labute approximate surface area is 116 Å². The van der Waals surface area contributed by atoms with Gasteiger partial charge in [0.05, 0.1) is 25.7 Å². The average molecular weight is 272 g/mol. The highest BCUT2D eigenvalue weighted by Gasteiger charge is 2.26. The van der Waals surface area contributed by atoms with Crippen molar-refractivity contribution >= 4 is 5.97 Å². The number of carbonyl (C=O) groups excluding carboxylic acids is 1. The number of hydrogen-bond donors (Lipinski definition) is 0. The molecular formula is C15H28O4. The van der Waals surface area contributed by atoms with Crippen LogP contribution in [0.25, 0.3) is 0 Å². The van der Waals surface area contributed by atoms with Gasteiger partial charge in [0, 0.05) is 6.61 Å². The van der Waals surface area contributed by atoms with Gasteiger partial charge < -0.3 is 14.2 Å². The van der Waals surface area contributed by atoms with Crippen LogP contribution in [-0.4, -0.2) is 39.0 Å². The summed E-state index contributed by atoms with van der Waals surface area (Å²) >= 11 is 0. The molecule has 1 aliphatic carbocycles.